The molecule has 19 heavy (non-hydrogen) atoms. The number of aryl methyl sites for hydroxylation is 1. The monoisotopic (exact) mass is 263 g/mol. The lowest BCUT2D eigenvalue weighted by atomic mass is 10.1. The largest absolute Gasteiger partial charge is 0.496 e. The molecule has 0 bridgehead atoms. The van der Waals surface area contributed by atoms with Crippen molar-refractivity contribution >= 4 is 5.97 Å². The van der Waals surface area contributed by atoms with Crippen molar-refractivity contribution in [2.45, 2.75) is 38.8 Å². The van der Waals surface area contributed by atoms with E-state index in [2.05, 4.69) is 17.9 Å². The molecule has 1 fully saturated rings. The lowest BCUT2D eigenvalue weighted by Crippen LogP contribution is -2.31. The highest BCUT2D eigenvalue weighted by molar-refractivity contribution is 5.67. The molecule has 2 rings (SSSR count). The molecule has 104 valence electrons. The highest BCUT2D eigenvalue weighted by Crippen LogP contribution is 2.27. The number of likely N-dealkylation sites (tertiary alicyclic amines) is 1. The molecule has 0 aromatic heterocycles. The second-order valence-electron chi connectivity index (χ2n) is 5.18. The van der Waals surface area contributed by atoms with Crippen molar-refractivity contribution < 1.29 is 14.6 Å². The van der Waals surface area contributed by atoms with Crippen LogP contribution in [-0.4, -0.2) is 35.7 Å². The van der Waals surface area contributed by atoms with Gasteiger partial charge in [-0.15, -0.1) is 0 Å². The first-order valence-electron chi connectivity index (χ1n) is 6.69. The van der Waals surface area contributed by atoms with Gasteiger partial charge in [0.1, 0.15) is 5.75 Å². The normalized spacial score (nSPS) is 19.6. The third-order valence-corrected chi connectivity index (χ3v) is 3.72. The van der Waals surface area contributed by atoms with Crippen molar-refractivity contribution in [3.05, 3.63) is 29.3 Å². The number of benzene rings is 1. The molecule has 0 saturated carbocycles. The van der Waals surface area contributed by atoms with Gasteiger partial charge in [-0.25, -0.2) is 0 Å². The predicted molar refractivity (Wildman–Crippen MR) is 73.4 cm³/mol. The molecule has 1 aliphatic rings. The van der Waals surface area contributed by atoms with Crippen molar-refractivity contribution in [1.29, 1.82) is 0 Å². The van der Waals surface area contributed by atoms with E-state index < -0.39 is 5.97 Å². The number of hydrogen-bond acceptors (Lipinski definition) is 3. The maximum Gasteiger partial charge on any atom is 0.304 e. The average molecular weight is 263 g/mol. The van der Waals surface area contributed by atoms with Gasteiger partial charge >= 0.3 is 5.97 Å². The molecule has 0 radical (unpaired) electrons. The number of methoxy groups -OCH3 is 1. The van der Waals surface area contributed by atoms with Gasteiger partial charge in [0.25, 0.3) is 0 Å². The molecule has 1 saturated heterocycles. The summed E-state index contributed by atoms with van der Waals surface area (Å²) in [5.41, 5.74) is 2.34. The fourth-order valence-corrected chi connectivity index (χ4v) is 2.79. The molecule has 1 heterocycles. The number of carbonyl (C=O) groups is 1. The molecular weight excluding hydrogens is 242 g/mol. The third-order valence-electron chi connectivity index (χ3n) is 3.72. The number of ether oxygens (including phenoxy) is 1. The first-order valence-corrected chi connectivity index (χ1v) is 6.69. The Bertz CT molecular complexity index is 459. The molecule has 0 amide bonds. The van der Waals surface area contributed by atoms with E-state index in [9.17, 15) is 4.79 Å². The summed E-state index contributed by atoms with van der Waals surface area (Å²) in [4.78, 5) is 13.1. The average Bonchev–Trinajstić information content (AvgIpc) is 2.76. The van der Waals surface area contributed by atoms with E-state index in [0.29, 0.717) is 0 Å². The fraction of sp³-hybridized carbons (Fsp3) is 0.533. The predicted octanol–water partition coefficient (Wildman–Crippen LogP) is 2.44. The summed E-state index contributed by atoms with van der Waals surface area (Å²) in [6.07, 6.45) is 2.28. The topological polar surface area (TPSA) is 49.8 Å². The minimum absolute atomic E-state index is 0.155. The number of aliphatic carboxylic acids is 1. The standard InChI is InChI=1S/C15H21NO3/c1-11-5-6-14(19-2)12(8-11)10-16-7-3-4-13(16)9-15(17)18/h5-6,8,13H,3-4,7,9-10H2,1-2H3,(H,17,18). The highest BCUT2D eigenvalue weighted by Gasteiger charge is 2.27. The zero-order chi connectivity index (χ0) is 13.8. The van der Waals surface area contributed by atoms with Crippen molar-refractivity contribution in [2.75, 3.05) is 13.7 Å². The lowest BCUT2D eigenvalue weighted by molar-refractivity contribution is -0.138. The first kappa shape index (κ1) is 13.9. The minimum atomic E-state index is -0.715. The summed E-state index contributed by atoms with van der Waals surface area (Å²) >= 11 is 0. The molecule has 4 nitrogen and oxygen atoms in total. The van der Waals surface area contributed by atoms with Gasteiger partial charge in [0.05, 0.1) is 13.5 Å². The van der Waals surface area contributed by atoms with E-state index in [1.165, 1.54) is 5.56 Å². The van der Waals surface area contributed by atoms with Gasteiger partial charge in [-0.05, 0) is 32.4 Å². The Kier molecular flexibility index (Phi) is 4.43. The van der Waals surface area contributed by atoms with Gasteiger partial charge in [-0.1, -0.05) is 17.7 Å². The van der Waals surface area contributed by atoms with Gasteiger partial charge in [0.15, 0.2) is 0 Å². The smallest absolute Gasteiger partial charge is 0.304 e. The molecule has 1 atom stereocenters. The van der Waals surface area contributed by atoms with Crippen LogP contribution >= 0.6 is 0 Å². The van der Waals surface area contributed by atoms with E-state index in [4.69, 9.17) is 9.84 Å². The molecule has 0 aliphatic carbocycles. The molecule has 0 spiro atoms. The summed E-state index contributed by atoms with van der Waals surface area (Å²) in [7, 11) is 1.67. The maximum absolute atomic E-state index is 10.9. The molecule has 1 unspecified atom stereocenters. The Balaban J connectivity index is 2.11. The number of carboxylic acids is 1. The third kappa shape index (κ3) is 3.47. The molecule has 1 aliphatic heterocycles. The van der Waals surface area contributed by atoms with Gasteiger partial charge in [0, 0.05) is 18.2 Å². The zero-order valence-electron chi connectivity index (χ0n) is 11.6. The Hall–Kier alpha value is -1.55. The van der Waals surface area contributed by atoms with Gasteiger partial charge in [0.2, 0.25) is 0 Å². The molecule has 1 N–H and O–H groups in total. The van der Waals surface area contributed by atoms with Crippen molar-refractivity contribution in [1.82, 2.24) is 4.90 Å². The molecule has 1 aromatic rings. The number of nitrogens with zero attached hydrogens (tertiary/aromatic N) is 1. The van der Waals surface area contributed by atoms with Crippen molar-refractivity contribution in [3.63, 3.8) is 0 Å². The Morgan fingerprint density at radius 1 is 1.53 bits per heavy atom. The van der Waals surface area contributed by atoms with Gasteiger partial charge in [-0.3, -0.25) is 9.69 Å². The number of rotatable bonds is 5. The second kappa shape index (κ2) is 6.06. The molecule has 1 aromatic carbocycles. The fourth-order valence-electron chi connectivity index (χ4n) is 2.79. The first-order chi connectivity index (χ1) is 9.10. The van der Waals surface area contributed by atoms with E-state index >= 15 is 0 Å². The van der Waals surface area contributed by atoms with Crippen molar-refractivity contribution in [2.24, 2.45) is 0 Å². The van der Waals surface area contributed by atoms with Crippen LogP contribution in [0.1, 0.15) is 30.4 Å². The van der Waals surface area contributed by atoms with Crippen molar-refractivity contribution in [3.8, 4) is 5.75 Å². The van der Waals surface area contributed by atoms with Crippen LogP contribution in [0.5, 0.6) is 5.75 Å². The van der Waals surface area contributed by atoms with Crippen LogP contribution in [0.3, 0.4) is 0 Å². The van der Waals surface area contributed by atoms with Gasteiger partial charge < -0.3 is 9.84 Å². The summed E-state index contributed by atoms with van der Waals surface area (Å²) in [6, 6.07) is 6.28. The molecular formula is C15H21NO3. The number of carboxylic acid groups (broad SMARTS) is 1. The minimum Gasteiger partial charge on any atom is -0.496 e. The Labute approximate surface area is 114 Å². The maximum atomic E-state index is 10.9. The zero-order valence-corrected chi connectivity index (χ0v) is 11.6. The summed E-state index contributed by atoms with van der Waals surface area (Å²) in [5.74, 6) is 0.166. The van der Waals surface area contributed by atoms with Crippen LogP contribution < -0.4 is 4.74 Å². The van der Waals surface area contributed by atoms with Crippen LogP contribution in [0.15, 0.2) is 18.2 Å². The van der Waals surface area contributed by atoms with E-state index in [1.807, 2.05) is 12.1 Å². The highest BCUT2D eigenvalue weighted by atomic mass is 16.5. The van der Waals surface area contributed by atoms with E-state index in [-0.39, 0.29) is 12.5 Å². The van der Waals surface area contributed by atoms with Crippen LogP contribution in [0.4, 0.5) is 0 Å². The summed E-state index contributed by atoms with van der Waals surface area (Å²) < 4.78 is 5.38. The Morgan fingerprint density at radius 2 is 2.32 bits per heavy atom. The quantitative estimate of drug-likeness (QED) is 0.886. The van der Waals surface area contributed by atoms with Crippen LogP contribution in [0.2, 0.25) is 0 Å². The Morgan fingerprint density at radius 3 is 3.00 bits per heavy atom. The lowest BCUT2D eigenvalue weighted by Gasteiger charge is -2.24. The number of hydrogen-bond donors (Lipinski definition) is 1. The van der Waals surface area contributed by atoms with E-state index in [1.54, 1.807) is 7.11 Å². The van der Waals surface area contributed by atoms with Gasteiger partial charge in [-0.2, -0.15) is 0 Å². The second-order valence-corrected chi connectivity index (χ2v) is 5.18. The van der Waals surface area contributed by atoms with Crippen LogP contribution in [-0.2, 0) is 11.3 Å². The SMILES string of the molecule is COc1ccc(C)cc1CN1CCCC1CC(=O)O. The molecule has 4 heteroatoms. The van der Waals surface area contributed by atoms with Crippen LogP contribution in [0.25, 0.3) is 0 Å². The summed E-state index contributed by atoms with van der Waals surface area (Å²) in [5, 5.41) is 8.95. The van der Waals surface area contributed by atoms with Crippen LogP contribution in [0, 0.1) is 6.92 Å². The summed E-state index contributed by atoms with van der Waals surface area (Å²) in [6.45, 7) is 3.79. The van der Waals surface area contributed by atoms with E-state index in [0.717, 1.165) is 37.2 Å².